The predicted molar refractivity (Wildman–Crippen MR) is 86.2 cm³/mol. The summed E-state index contributed by atoms with van der Waals surface area (Å²) in [5.41, 5.74) is 0.471. The molecule has 0 radical (unpaired) electrons. The van der Waals surface area contributed by atoms with Crippen LogP contribution in [0, 0.1) is 0 Å². The molecule has 0 fully saturated rings. The maximum Gasteiger partial charge on any atom is 0.287 e. The highest BCUT2D eigenvalue weighted by Crippen LogP contribution is 2.22. The van der Waals surface area contributed by atoms with Gasteiger partial charge >= 0.3 is 0 Å². The number of furan rings is 1. The van der Waals surface area contributed by atoms with E-state index in [2.05, 4.69) is 5.32 Å². The van der Waals surface area contributed by atoms with E-state index in [0.29, 0.717) is 11.4 Å². The van der Waals surface area contributed by atoms with Crippen LogP contribution in [0.2, 0.25) is 0 Å². The molecule has 0 saturated carbocycles. The number of carbonyl (C=O) groups excluding carboxylic acids is 1. The molecule has 2 rings (SSSR count). The molecule has 0 unspecified atom stereocenters. The topological polar surface area (TPSA) is 88.8 Å². The summed E-state index contributed by atoms with van der Waals surface area (Å²) in [5.74, 6) is 0.335. The number of rotatable bonds is 7. The van der Waals surface area contributed by atoms with Crippen LogP contribution in [0.25, 0.3) is 0 Å². The van der Waals surface area contributed by atoms with Gasteiger partial charge in [-0.3, -0.25) is 9.10 Å². The van der Waals surface area contributed by atoms with Gasteiger partial charge < -0.3 is 14.5 Å². The summed E-state index contributed by atoms with van der Waals surface area (Å²) < 4.78 is 35.3. The molecule has 8 heteroatoms. The highest BCUT2D eigenvalue weighted by Gasteiger charge is 2.18. The quantitative estimate of drug-likeness (QED) is 0.826. The van der Waals surface area contributed by atoms with Crippen LogP contribution in [-0.2, 0) is 10.0 Å². The first-order chi connectivity index (χ1) is 10.9. The van der Waals surface area contributed by atoms with Crippen molar-refractivity contribution in [2.24, 2.45) is 0 Å². The first kappa shape index (κ1) is 16.9. The maximum atomic E-state index is 12.0. The lowest BCUT2D eigenvalue weighted by Gasteiger charge is -2.22. The van der Waals surface area contributed by atoms with Gasteiger partial charge in [0.25, 0.3) is 5.91 Å². The van der Waals surface area contributed by atoms with Crippen molar-refractivity contribution in [3.8, 4) is 5.75 Å². The molecule has 0 aliphatic carbocycles. The molecule has 1 aromatic heterocycles. The smallest absolute Gasteiger partial charge is 0.287 e. The minimum Gasteiger partial charge on any atom is -0.497 e. The van der Waals surface area contributed by atoms with Crippen LogP contribution in [0.4, 0.5) is 5.69 Å². The molecule has 124 valence electrons. The summed E-state index contributed by atoms with van der Waals surface area (Å²) in [4.78, 5) is 11.8. The third kappa shape index (κ3) is 4.49. The Morgan fingerprint density at radius 1 is 1.30 bits per heavy atom. The van der Waals surface area contributed by atoms with Crippen LogP contribution in [0.5, 0.6) is 5.75 Å². The molecular formula is C15H18N2O5S. The normalized spacial score (nSPS) is 11.0. The molecule has 0 aliphatic heterocycles. The highest BCUT2D eigenvalue weighted by atomic mass is 32.2. The number of nitrogens with zero attached hydrogens (tertiary/aromatic N) is 1. The summed E-state index contributed by atoms with van der Waals surface area (Å²) in [6.45, 7) is 0.238. The molecule has 1 aromatic carbocycles. The van der Waals surface area contributed by atoms with E-state index in [-0.39, 0.29) is 18.8 Å². The average molecular weight is 338 g/mol. The van der Waals surface area contributed by atoms with Crippen LogP contribution in [-0.4, -0.2) is 40.8 Å². The monoisotopic (exact) mass is 338 g/mol. The number of anilines is 1. The Morgan fingerprint density at radius 2 is 2.09 bits per heavy atom. The number of hydrogen-bond donors (Lipinski definition) is 1. The van der Waals surface area contributed by atoms with Gasteiger partial charge in [-0.05, 0) is 24.3 Å². The van der Waals surface area contributed by atoms with E-state index in [4.69, 9.17) is 9.15 Å². The zero-order valence-electron chi connectivity index (χ0n) is 12.9. The Bertz CT molecular complexity index is 756. The summed E-state index contributed by atoms with van der Waals surface area (Å²) in [7, 11) is -1.98. The van der Waals surface area contributed by atoms with Gasteiger partial charge in [0.15, 0.2) is 5.76 Å². The zero-order chi connectivity index (χ0) is 16.9. The Hall–Kier alpha value is -2.48. The fourth-order valence-electron chi connectivity index (χ4n) is 2.02. The first-order valence-electron chi connectivity index (χ1n) is 6.85. The second-order valence-corrected chi connectivity index (χ2v) is 6.68. The number of benzene rings is 1. The van der Waals surface area contributed by atoms with Crippen molar-refractivity contribution in [3.63, 3.8) is 0 Å². The Morgan fingerprint density at radius 3 is 2.70 bits per heavy atom. The lowest BCUT2D eigenvalue weighted by molar-refractivity contribution is 0.0927. The molecule has 7 nitrogen and oxygen atoms in total. The molecule has 0 saturated heterocycles. The number of carbonyl (C=O) groups is 1. The highest BCUT2D eigenvalue weighted by molar-refractivity contribution is 7.92. The predicted octanol–water partition coefficient (Wildman–Crippen LogP) is 1.48. The molecule has 1 N–H and O–H groups in total. The number of nitrogens with one attached hydrogen (secondary N) is 1. The van der Waals surface area contributed by atoms with E-state index in [9.17, 15) is 13.2 Å². The Balaban J connectivity index is 2.06. The summed E-state index contributed by atoms with van der Waals surface area (Å²) in [6.07, 6.45) is 2.51. The largest absolute Gasteiger partial charge is 0.497 e. The van der Waals surface area contributed by atoms with Crippen LogP contribution in [0.3, 0.4) is 0 Å². The zero-order valence-corrected chi connectivity index (χ0v) is 13.7. The van der Waals surface area contributed by atoms with Gasteiger partial charge in [-0.1, -0.05) is 6.07 Å². The van der Waals surface area contributed by atoms with Gasteiger partial charge in [0, 0.05) is 12.6 Å². The van der Waals surface area contributed by atoms with Crippen molar-refractivity contribution >= 4 is 21.6 Å². The van der Waals surface area contributed by atoms with E-state index in [1.54, 1.807) is 30.3 Å². The second-order valence-electron chi connectivity index (χ2n) is 4.77. The van der Waals surface area contributed by atoms with E-state index in [1.807, 2.05) is 0 Å². The lowest BCUT2D eigenvalue weighted by atomic mass is 10.3. The fraction of sp³-hybridized carbons (Fsp3) is 0.267. The standard InChI is InChI=1S/C15H18N2O5S/c1-21-13-6-3-5-12(11-13)17(23(2,19)20)9-8-16-15(18)14-7-4-10-22-14/h3-7,10-11H,8-9H2,1-2H3,(H,16,18). The average Bonchev–Trinajstić information content (AvgIpc) is 3.04. The molecule has 23 heavy (non-hydrogen) atoms. The summed E-state index contributed by atoms with van der Waals surface area (Å²) >= 11 is 0. The van der Waals surface area contributed by atoms with Crippen LogP contribution in [0.15, 0.2) is 47.1 Å². The van der Waals surface area contributed by atoms with Gasteiger partial charge in [0.2, 0.25) is 10.0 Å². The van der Waals surface area contributed by atoms with Gasteiger partial charge in [-0.2, -0.15) is 0 Å². The fourth-order valence-corrected chi connectivity index (χ4v) is 2.94. The van der Waals surface area contributed by atoms with Gasteiger partial charge in [0.1, 0.15) is 5.75 Å². The number of hydrogen-bond acceptors (Lipinski definition) is 5. The van der Waals surface area contributed by atoms with E-state index in [1.165, 1.54) is 23.7 Å². The SMILES string of the molecule is COc1cccc(N(CCNC(=O)c2ccco2)S(C)(=O)=O)c1. The third-order valence-electron chi connectivity index (χ3n) is 3.09. The molecule has 2 aromatic rings. The maximum absolute atomic E-state index is 12.0. The summed E-state index contributed by atoms with van der Waals surface area (Å²) in [5, 5.41) is 2.62. The van der Waals surface area contributed by atoms with Crippen molar-refractivity contribution in [1.29, 1.82) is 0 Å². The van der Waals surface area contributed by atoms with E-state index in [0.717, 1.165) is 6.26 Å². The van der Waals surface area contributed by atoms with Crippen LogP contribution in [0.1, 0.15) is 10.6 Å². The number of amides is 1. The minimum absolute atomic E-state index is 0.0957. The summed E-state index contributed by atoms with van der Waals surface area (Å²) in [6, 6.07) is 9.85. The molecule has 0 spiro atoms. The third-order valence-corrected chi connectivity index (χ3v) is 4.28. The van der Waals surface area contributed by atoms with Crippen molar-refractivity contribution in [1.82, 2.24) is 5.32 Å². The van der Waals surface area contributed by atoms with E-state index < -0.39 is 15.9 Å². The van der Waals surface area contributed by atoms with E-state index >= 15 is 0 Å². The number of sulfonamides is 1. The molecular weight excluding hydrogens is 320 g/mol. The number of methoxy groups -OCH3 is 1. The molecule has 0 bridgehead atoms. The molecule has 1 heterocycles. The second kappa shape index (κ2) is 7.19. The van der Waals surface area contributed by atoms with Crippen molar-refractivity contribution in [3.05, 3.63) is 48.4 Å². The molecule has 0 aliphatic rings. The van der Waals surface area contributed by atoms with Gasteiger partial charge in [-0.25, -0.2) is 8.42 Å². The first-order valence-corrected chi connectivity index (χ1v) is 8.70. The van der Waals surface area contributed by atoms with Crippen molar-refractivity contribution < 1.29 is 22.4 Å². The van der Waals surface area contributed by atoms with Crippen molar-refractivity contribution in [2.75, 3.05) is 30.8 Å². The lowest BCUT2D eigenvalue weighted by Crippen LogP contribution is -2.38. The van der Waals surface area contributed by atoms with Gasteiger partial charge in [0.05, 0.1) is 31.9 Å². The Kier molecular flexibility index (Phi) is 5.28. The van der Waals surface area contributed by atoms with Crippen molar-refractivity contribution in [2.45, 2.75) is 0 Å². The Labute approximate surface area is 134 Å². The molecule has 1 amide bonds. The van der Waals surface area contributed by atoms with Gasteiger partial charge in [-0.15, -0.1) is 0 Å². The number of ether oxygens (including phenoxy) is 1. The van der Waals surface area contributed by atoms with Crippen LogP contribution < -0.4 is 14.4 Å². The minimum atomic E-state index is -3.49. The molecule has 0 atom stereocenters. The van der Waals surface area contributed by atoms with Crippen LogP contribution >= 0.6 is 0 Å².